The van der Waals surface area contributed by atoms with E-state index in [4.69, 9.17) is 9.47 Å². The average Bonchev–Trinajstić information content (AvgIpc) is 2.82. The van der Waals surface area contributed by atoms with Crippen LogP contribution < -0.4 is 4.74 Å². The maximum atomic E-state index is 11.5. The molecule has 0 radical (unpaired) electrons. The van der Waals surface area contributed by atoms with Gasteiger partial charge in [0, 0.05) is 31.0 Å². The Balaban J connectivity index is 1.92. The predicted molar refractivity (Wildman–Crippen MR) is 133 cm³/mol. The molecular weight excluding hydrogens is 414 g/mol. The van der Waals surface area contributed by atoms with Gasteiger partial charge in [-0.2, -0.15) is 0 Å². The minimum atomic E-state index is -0.123. The van der Waals surface area contributed by atoms with Crippen molar-refractivity contribution in [1.29, 1.82) is 0 Å². The number of aliphatic hydroxyl groups excluding tert-OH is 1. The lowest BCUT2D eigenvalue weighted by Gasteiger charge is -2.21. The molecule has 1 aromatic heterocycles. The Hall–Kier alpha value is -2.66. The first-order valence-corrected chi connectivity index (χ1v) is 12.1. The number of allylic oxidation sites excluding steroid dienone is 1. The van der Waals surface area contributed by atoms with Crippen LogP contribution in [0.15, 0.2) is 54.9 Å². The Kier molecular flexibility index (Phi) is 11.7. The van der Waals surface area contributed by atoms with E-state index in [0.29, 0.717) is 19.6 Å². The first kappa shape index (κ1) is 26.6. The summed E-state index contributed by atoms with van der Waals surface area (Å²) in [5.41, 5.74) is 3.31. The van der Waals surface area contributed by atoms with Crippen LogP contribution in [0.1, 0.15) is 76.8 Å². The van der Waals surface area contributed by atoms with Gasteiger partial charge in [0.15, 0.2) is 0 Å². The summed E-state index contributed by atoms with van der Waals surface area (Å²) in [6, 6.07) is 12.2. The highest BCUT2D eigenvalue weighted by atomic mass is 16.5. The largest absolute Gasteiger partial charge is 0.494 e. The van der Waals surface area contributed by atoms with Crippen LogP contribution in [-0.4, -0.2) is 35.9 Å². The maximum Gasteiger partial charge on any atom is 0.305 e. The summed E-state index contributed by atoms with van der Waals surface area (Å²) in [4.78, 5) is 15.8. The molecule has 2 rings (SSSR count). The second-order valence-electron chi connectivity index (χ2n) is 9.06. The Morgan fingerprint density at radius 2 is 1.85 bits per heavy atom. The van der Waals surface area contributed by atoms with Crippen molar-refractivity contribution < 1.29 is 19.4 Å². The summed E-state index contributed by atoms with van der Waals surface area (Å²) < 4.78 is 10.9. The lowest BCUT2D eigenvalue weighted by Crippen LogP contribution is -2.16. The lowest BCUT2D eigenvalue weighted by atomic mass is 9.88. The van der Waals surface area contributed by atoms with E-state index in [1.807, 2.05) is 31.3 Å². The number of hydrogen-bond donors (Lipinski definition) is 1. The van der Waals surface area contributed by atoms with Gasteiger partial charge in [-0.15, -0.1) is 0 Å². The molecule has 1 heterocycles. The molecule has 5 nitrogen and oxygen atoms in total. The SMILES string of the molecule is CCOC(=O)CCCC/C=C(\c1ccc(OCCCCC(C)(C)CO)cc1)c1cccnc1. The van der Waals surface area contributed by atoms with Gasteiger partial charge in [-0.25, -0.2) is 0 Å². The zero-order valence-electron chi connectivity index (χ0n) is 20.4. The first-order valence-electron chi connectivity index (χ1n) is 12.1. The second kappa shape index (κ2) is 14.5. The number of aliphatic hydroxyl groups is 1. The number of carbonyl (C=O) groups is 1. The molecular formula is C28H39NO4. The monoisotopic (exact) mass is 453 g/mol. The van der Waals surface area contributed by atoms with Crippen LogP contribution in [0.3, 0.4) is 0 Å². The predicted octanol–water partition coefficient (Wildman–Crippen LogP) is 6.20. The smallest absolute Gasteiger partial charge is 0.305 e. The molecule has 5 heteroatoms. The van der Waals surface area contributed by atoms with E-state index < -0.39 is 0 Å². The first-order chi connectivity index (χ1) is 15.9. The highest BCUT2D eigenvalue weighted by molar-refractivity contribution is 5.79. The van der Waals surface area contributed by atoms with E-state index >= 15 is 0 Å². The number of esters is 1. The van der Waals surface area contributed by atoms with Crippen molar-refractivity contribution in [3.63, 3.8) is 0 Å². The molecule has 0 atom stereocenters. The second-order valence-corrected chi connectivity index (χ2v) is 9.06. The van der Waals surface area contributed by atoms with E-state index in [9.17, 15) is 9.90 Å². The molecule has 180 valence electrons. The number of aromatic nitrogens is 1. The number of rotatable bonds is 15. The van der Waals surface area contributed by atoms with Crippen LogP contribution in [0, 0.1) is 5.41 Å². The van der Waals surface area contributed by atoms with Crippen molar-refractivity contribution >= 4 is 11.5 Å². The number of ether oxygens (including phenoxy) is 2. The van der Waals surface area contributed by atoms with E-state index in [1.165, 1.54) is 0 Å². The Morgan fingerprint density at radius 1 is 1.06 bits per heavy atom. The van der Waals surface area contributed by atoms with E-state index in [2.05, 4.69) is 43.1 Å². The normalized spacial score (nSPS) is 11.9. The number of carbonyl (C=O) groups excluding carboxylic acids is 1. The van der Waals surface area contributed by atoms with Crippen molar-refractivity contribution in [1.82, 2.24) is 4.98 Å². The third-order valence-electron chi connectivity index (χ3n) is 5.57. The number of benzene rings is 1. The van der Waals surface area contributed by atoms with Crippen molar-refractivity contribution in [2.24, 2.45) is 5.41 Å². The van der Waals surface area contributed by atoms with Gasteiger partial charge in [0.2, 0.25) is 0 Å². The standard InChI is InChI=1S/C28H39NO4/c1-4-32-27(31)13-7-5-6-12-26(24-11-10-19-29-21-24)23-14-16-25(17-15-23)33-20-9-8-18-28(2,3)22-30/h10-12,14-17,19,21,30H,4-9,13,18,20,22H2,1-3H3/b26-12+. The van der Waals surface area contributed by atoms with Crippen LogP contribution in [0.2, 0.25) is 0 Å². The summed E-state index contributed by atoms with van der Waals surface area (Å²) in [7, 11) is 0. The summed E-state index contributed by atoms with van der Waals surface area (Å²) >= 11 is 0. The van der Waals surface area contributed by atoms with Crippen molar-refractivity contribution in [2.75, 3.05) is 19.8 Å². The van der Waals surface area contributed by atoms with Gasteiger partial charge in [0.25, 0.3) is 0 Å². The molecule has 33 heavy (non-hydrogen) atoms. The minimum Gasteiger partial charge on any atom is -0.494 e. The van der Waals surface area contributed by atoms with Gasteiger partial charge in [-0.1, -0.05) is 38.1 Å². The fourth-order valence-electron chi connectivity index (χ4n) is 3.52. The summed E-state index contributed by atoms with van der Waals surface area (Å²) in [6.07, 6.45) is 12.0. The molecule has 0 fully saturated rings. The molecule has 1 N–H and O–H groups in total. The van der Waals surface area contributed by atoms with Crippen LogP contribution in [-0.2, 0) is 9.53 Å². The van der Waals surface area contributed by atoms with Crippen molar-refractivity contribution in [2.45, 2.75) is 65.7 Å². The van der Waals surface area contributed by atoms with Gasteiger partial charge < -0.3 is 14.6 Å². The van der Waals surface area contributed by atoms with E-state index in [-0.39, 0.29) is 18.0 Å². The molecule has 1 aromatic carbocycles. The number of unbranched alkanes of at least 4 members (excludes halogenated alkanes) is 3. The molecule has 0 saturated heterocycles. The van der Waals surface area contributed by atoms with Gasteiger partial charge in [-0.3, -0.25) is 9.78 Å². The van der Waals surface area contributed by atoms with Crippen molar-refractivity contribution in [3.05, 3.63) is 66.0 Å². The van der Waals surface area contributed by atoms with E-state index in [1.54, 1.807) is 6.20 Å². The number of nitrogens with zero attached hydrogens (tertiary/aromatic N) is 1. The van der Waals surface area contributed by atoms with Gasteiger partial charge in [0.05, 0.1) is 13.2 Å². The molecule has 0 unspecified atom stereocenters. The quantitative estimate of drug-likeness (QED) is 0.257. The van der Waals surface area contributed by atoms with E-state index in [0.717, 1.165) is 61.0 Å². The topological polar surface area (TPSA) is 68.7 Å². The van der Waals surface area contributed by atoms with Crippen LogP contribution >= 0.6 is 0 Å². The van der Waals surface area contributed by atoms with Crippen LogP contribution in [0.5, 0.6) is 5.75 Å². The minimum absolute atomic E-state index is 0.0184. The fraction of sp³-hybridized carbons (Fsp3) is 0.500. The molecule has 2 aromatic rings. The van der Waals surface area contributed by atoms with Crippen molar-refractivity contribution in [3.8, 4) is 5.75 Å². The third-order valence-corrected chi connectivity index (χ3v) is 5.57. The Labute approximate surface area is 198 Å². The fourth-order valence-corrected chi connectivity index (χ4v) is 3.52. The van der Waals surface area contributed by atoms with Crippen LogP contribution in [0.4, 0.5) is 0 Å². The van der Waals surface area contributed by atoms with Crippen LogP contribution in [0.25, 0.3) is 5.57 Å². The molecule has 0 saturated carbocycles. The van der Waals surface area contributed by atoms with Gasteiger partial charge in [-0.05, 0) is 80.2 Å². The molecule has 0 spiro atoms. The lowest BCUT2D eigenvalue weighted by molar-refractivity contribution is -0.143. The molecule has 0 aliphatic carbocycles. The summed E-state index contributed by atoms with van der Waals surface area (Å²) in [5, 5.41) is 9.35. The molecule has 0 aliphatic rings. The molecule has 0 aliphatic heterocycles. The zero-order chi connectivity index (χ0) is 23.9. The summed E-state index contributed by atoms with van der Waals surface area (Å²) in [6.45, 7) is 7.32. The number of hydrogen-bond acceptors (Lipinski definition) is 5. The highest BCUT2D eigenvalue weighted by Gasteiger charge is 2.15. The third kappa shape index (κ3) is 10.2. The zero-order valence-corrected chi connectivity index (χ0v) is 20.4. The molecule has 0 bridgehead atoms. The average molecular weight is 454 g/mol. The van der Waals surface area contributed by atoms with Gasteiger partial charge in [0.1, 0.15) is 5.75 Å². The highest BCUT2D eigenvalue weighted by Crippen LogP contribution is 2.26. The summed E-state index contributed by atoms with van der Waals surface area (Å²) in [5.74, 6) is 0.738. The van der Waals surface area contributed by atoms with Gasteiger partial charge >= 0.3 is 5.97 Å². The maximum absolute atomic E-state index is 11.5. The Morgan fingerprint density at radius 3 is 2.52 bits per heavy atom. The Bertz CT molecular complexity index is 844. The molecule has 0 amide bonds. The number of pyridine rings is 1.